The van der Waals surface area contributed by atoms with Gasteiger partial charge in [0, 0.05) is 18.1 Å². The molecule has 1 heterocycles. The normalized spacial score (nSPS) is 18.8. The number of hydrogen-bond donors (Lipinski definition) is 2. The molecule has 1 fully saturated rings. The molecular formula is C31H56N2O4S. The van der Waals surface area contributed by atoms with Gasteiger partial charge in [0.2, 0.25) is 0 Å². The highest BCUT2D eigenvalue weighted by atomic mass is 32.2. The number of nitrogens with zero attached hydrogens (tertiary/aromatic N) is 1. The van der Waals surface area contributed by atoms with Crippen molar-refractivity contribution in [3.8, 4) is 0 Å². The fraction of sp³-hybridized carbons (Fsp3) is 0.839. The van der Waals surface area contributed by atoms with Gasteiger partial charge < -0.3 is 15.3 Å². The van der Waals surface area contributed by atoms with Crippen molar-refractivity contribution in [2.24, 2.45) is 17.8 Å². The Labute approximate surface area is 237 Å². The Morgan fingerprint density at radius 1 is 0.947 bits per heavy atom. The Morgan fingerprint density at radius 3 is 2.13 bits per heavy atom. The van der Waals surface area contributed by atoms with Crippen molar-refractivity contribution in [1.82, 2.24) is 10.2 Å². The highest BCUT2D eigenvalue weighted by Gasteiger charge is 2.33. The SMILES string of the molecule is CC(=O)C(CSC/C=C(\C)CCCC(C)CCCC(C)CCCC(C)C)NC(=O)N1CCCCC1C(=O)O. The molecule has 6 nitrogen and oxygen atoms in total. The maximum absolute atomic E-state index is 12.7. The lowest BCUT2D eigenvalue weighted by molar-refractivity contribution is -0.143. The fourth-order valence-electron chi connectivity index (χ4n) is 5.12. The maximum atomic E-state index is 12.7. The van der Waals surface area contributed by atoms with Crippen LogP contribution in [0.25, 0.3) is 0 Å². The summed E-state index contributed by atoms with van der Waals surface area (Å²) in [6, 6.07) is -1.85. The van der Waals surface area contributed by atoms with E-state index in [-0.39, 0.29) is 5.78 Å². The first kappa shape index (κ1) is 34.5. The number of rotatable bonds is 19. The Kier molecular flexibility index (Phi) is 17.8. The van der Waals surface area contributed by atoms with E-state index in [4.69, 9.17) is 0 Å². The molecule has 4 atom stereocenters. The van der Waals surface area contributed by atoms with Gasteiger partial charge in [0.05, 0.1) is 6.04 Å². The first-order chi connectivity index (χ1) is 18.0. The molecular weight excluding hydrogens is 496 g/mol. The van der Waals surface area contributed by atoms with E-state index in [1.54, 1.807) is 11.8 Å². The van der Waals surface area contributed by atoms with Gasteiger partial charge in [-0.2, -0.15) is 11.8 Å². The number of nitrogens with one attached hydrogen (secondary N) is 1. The van der Waals surface area contributed by atoms with Crippen LogP contribution >= 0.6 is 11.8 Å². The van der Waals surface area contributed by atoms with Crippen molar-refractivity contribution < 1.29 is 19.5 Å². The maximum Gasteiger partial charge on any atom is 0.326 e. The third kappa shape index (κ3) is 15.2. The van der Waals surface area contributed by atoms with Crippen LogP contribution in [0.5, 0.6) is 0 Å². The van der Waals surface area contributed by atoms with Crippen LogP contribution in [-0.4, -0.2) is 57.9 Å². The molecule has 0 aromatic heterocycles. The molecule has 0 saturated carbocycles. The van der Waals surface area contributed by atoms with E-state index in [1.165, 1.54) is 68.8 Å². The highest BCUT2D eigenvalue weighted by molar-refractivity contribution is 7.99. The number of aliphatic carboxylic acids is 1. The number of carboxylic acids is 1. The Hall–Kier alpha value is -1.50. The summed E-state index contributed by atoms with van der Waals surface area (Å²) in [5.74, 6) is 2.66. The van der Waals surface area contributed by atoms with Crippen molar-refractivity contribution in [3.05, 3.63) is 11.6 Å². The molecule has 1 saturated heterocycles. The van der Waals surface area contributed by atoms with Crippen LogP contribution in [-0.2, 0) is 9.59 Å². The number of piperidine rings is 1. The van der Waals surface area contributed by atoms with Crippen molar-refractivity contribution in [1.29, 1.82) is 0 Å². The van der Waals surface area contributed by atoms with Crippen molar-refractivity contribution in [2.75, 3.05) is 18.1 Å². The summed E-state index contributed by atoms with van der Waals surface area (Å²) in [6.07, 6.45) is 16.0. The second-order valence-corrected chi connectivity index (χ2v) is 13.2. The average Bonchev–Trinajstić information content (AvgIpc) is 2.85. The fourth-order valence-corrected chi connectivity index (χ4v) is 6.21. The minimum Gasteiger partial charge on any atom is -0.480 e. The molecule has 1 rings (SSSR count). The summed E-state index contributed by atoms with van der Waals surface area (Å²) in [5, 5.41) is 12.2. The molecule has 0 bridgehead atoms. The molecule has 38 heavy (non-hydrogen) atoms. The second-order valence-electron chi connectivity index (χ2n) is 12.1. The number of thioether (sulfide) groups is 1. The van der Waals surface area contributed by atoms with Crippen LogP contribution in [0.3, 0.4) is 0 Å². The van der Waals surface area contributed by atoms with Gasteiger partial charge in [0.1, 0.15) is 6.04 Å². The zero-order valence-electron chi connectivity index (χ0n) is 25.1. The summed E-state index contributed by atoms with van der Waals surface area (Å²) in [5.41, 5.74) is 1.38. The Morgan fingerprint density at radius 2 is 1.55 bits per heavy atom. The number of likely N-dealkylation sites (tertiary alicyclic amines) is 1. The molecule has 0 radical (unpaired) electrons. The summed E-state index contributed by atoms with van der Waals surface area (Å²) in [4.78, 5) is 37.7. The number of Topliss-reactive ketones (excluding diaryl/α,β-unsaturated/α-hetero) is 1. The van der Waals surface area contributed by atoms with Gasteiger partial charge in [-0.05, 0) is 63.7 Å². The quantitative estimate of drug-likeness (QED) is 0.127. The summed E-state index contributed by atoms with van der Waals surface area (Å²) in [6.45, 7) is 13.5. The number of hydrogen-bond acceptors (Lipinski definition) is 4. The van der Waals surface area contributed by atoms with Crippen LogP contribution in [0.4, 0.5) is 4.79 Å². The monoisotopic (exact) mass is 552 g/mol. The van der Waals surface area contributed by atoms with E-state index in [1.807, 2.05) is 0 Å². The summed E-state index contributed by atoms with van der Waals surface area (Å²) in [7, 11) is 0. The highest BCUT2D eigenvalue weighted by Crippen LogP contribution is 2.22. The first-order valence-corrected chi connectivity index (χ1v) is 16.2. The number of carboxylic acid groups (broad SMARTS) is 1. The molecule has 1 aliphatic heterocycles. The minimum absolute atomic E-state index is 0.102. The van der Waals surface area contributed by atoms with Crippen LogP contribution in [0, 0.1) is 17.8 Å². The second kappa shape index (κ2) is 19.5. The number of amides is 2. The number of carbonyl (C=O) groups is 3. The largest absolute Gasteiger partial charge is 0.480 e. The van der Waals surface area contributed by atoms with Gasteiger partial charge in [-0.15, -0.1) is 0 Å². The first-order valence-electron chi connectivity index (χ1n) is 15.0. The van der Waals surface area contributed by atoms with Crippen LogP contribution in [0.2, 0.25) is 0 Å². The third-order valence-electron chi connectivity index (χ3n) is 7.81. The zero-order chi connectivity index (χ0) is 28.5. The van der Waals surface area contributed by atoms with E-state index >= 15 is 0 Å². The third-order valence-corrected chi connectivity index (χ3v) is 8.78. The van der Waals surface area contributed by atoms with Gasteiger partial charge in [0.25, 0.3) is 0 Å². The smallest absolute Gasteiger partial charge is 0.326 e. The molecule has 0 aromatic rings. The van der Waals surface area contributed by atoms with E-state index < -0.39 is 24.1 Å². The number of urea groups is 1. The van der Waals surface area contributed by atoms with Gasteiger partial charge in [0.15, 0.2) is 5.78 Å². The lowest BCUT2D eigenvalue weighted by Crippen LogP contribution is -2.55. The lowest BCUT2D eigenvalue weighted by Gasteiger charge is -2.33. The number of carbonyl (C=O) groups excluding carboxylic acids is 2. The minimum atomic E-state index is -0.981. The molecule has 7 heteroatoms. The molecule has 0 aromatic carbocycles. The molecule has 2 amide bonds. The van der Waals surface area contributed by atoms with E-state index in [2.05, 4.69) is 46.0 Å². The molecule has 1 aliphatic rings. The van der Waals surface area contributed by atoms with Crippen molar-refractivity contribution in [3.63, 3.8) is 0 Å². The number of ketones is 1. The van der Waals surface area contributed by atoms with Gasteiger partial charge in [-0.25, -0.2) is 9.59 Å². The predicted molar refractivity (Wildman–Crippen MR) is 161 cm³/mol. The van der Waals surface area contributed by atoms with E-state index in [0.29, 0.717) is 18.7 Å². The average molecular weight is 553 g/mol. The summed E-state index contributed by atoms with van der Waals surface area (Å²) >= 11 is 1.63. The standard InChI is InChI=1S/C31H56N2O4S/c1-23(2)12-9-13-24(3)14-10-15-25(4)16-11-17-26(5)19-21-38-22-28(27(6)34)32-31(37)33-20-8-7-18-29(33)30(35)36/h19,23-25,28-29H,7-18,20-22H2,1-6H3,(H,32,37)(H,35,36)/b26-19+. The van der Waals surface area contributed by atoms with Gasteiger partial charge >= 0.3 is 12.0 Å². The summed E-state index contributed by atoms with van der Waals surface area (Å²) < 4.78 is 0. The van der Waals surface area contributed by atoms with Crippen LogP contribution in [0.1, 0.15) is 119 Å². The molecule has 0 aliphatic carbocycles. The Bertz CT molecular complexity index is 739. The van der Waals surface area contributed by atoms with Gasteiger partial charge in [-0.1, -0.05) is 84.3 Å². The van der Waals surface area contributed by atoms with Crippen molar-refractivity contribution >= 4 is 29.5 Å². The van der Waals surface area contributed by atoms with E-state index in [9.17, 15) is 19.5 Å². The van der Waals surface area contributed by atoms with Gasteiger partial charge in [-0.3, -0.25) is 4.79 Å². The zero-order valence-corrected chi connectivity index (χ0v) is 25.9. The molecule has 2 N–H and O–H groups in total. The van der Waals surface area contributed by atoms with Crippen molar-refractivity contribution in [2.45, 2.75) is 131 Å². The Balaban J connectivity index is 2.26. The topological polar surface area (TPSA) is 86.7 Å². The van der Waals surface area contributed by atoms with Crippen LogP contribution in [0.15, 0.2) is 11.6 Å². The van der Waals surface area contributed by atoms with Crippen LogP contribution < -0.4 is 5.32 Å². The van der Waals surface area contributed by atoms with E-state index in [0.717, 1.165) is 42.8 Å². The molecule has 4 unspecified atom stereocenters. The lowest BCUT2D eigenvalue weighted by atomic mass is 9.91. The molecule has 220 valence electrons. The predicted octanol–water partition coefficient (Wildman–Crippen LogP) is 7.71. The number of allylic oxidation sites excluding steroid dienone is 1. The molecule has 0 spiro atoms.